The number of nitrogens with one attached hydrogen (secondary N) is 2. The molecule has 2 N–H and O–H groups in total. The van der Waals surface area contributed by atoms with Crippen molar-refractivity contribution in [2.45, 2.75) is 32.2 Å². The van der Waals surface area contributed by atoms with Gasteiger partial charge in [0.25, 0.3) is 5.91 Å². The van der Waals surface area contributed by atoms with Crippen LogP contribution in [0.2, 0.25) is 10.0 Å². The number of nitrogens with zero attached hydrogens (tertiary/aromatic N) is 1. The second-order valence-corrected chi connectivity index (χ2v) is 8.22. The van der Waals surface area contributed by atoms with E-state index in [-0.39, 0.29) is 11.9 Å². The fraction of sp³-hybridized carbons (Fsp3) is 0.333. The summed E-state index contributed by atoms with van der Waals surface area (Å²) in [4.78, 5) is 26.7. The largest absolute Gasteiger partial charge is 0.339 e. The van der Waals surface area contributed by atoms with Crippen LogP contribution in [0.15, 0.2) is 42.5 Å². The van der Waals surface area contributed by atoms with Gasteiger partial charge in [0.15, 0.2) is 0 Å². The van der Waals surface area contributed by atoms with Crippen LogP contribution in [0, 0.1) is 0 Å². The summed E-state index contributed by atoms with van der Waals surface area (Å²) in [6.45, 7) is 5.38. The van der Waals surface area contributed by atoms with Crippen molar-refractivity contribution in [3.8, 4) is 0 Å². The lowest BCUT2D eigenvalue weighted by Crippen LogP contribution is -2.43. The van der Waals surface area contributed by atoms with Gasteiger partial charge in [-0.3, -0.25) is 4.79 Å². The number of amides is 3. The molecule has 1 aliphatic heterocycles. The summed E-state index contributed by atoms with van der Waals surface area (Å²) >= 11 is 12.0. The van der Waals surface area contributed by atoms with Gasteiger partial charge in [-0.25, -0.2) is 4.79 Å². The minimum atomic E-state index is -0.649. The quantitative estimate of drug-likeness (QED) is 0.707. The number of hydrogen-bond acceptors (Lipinski definition) is 2. The van der Waals surface area contributed by atoms with Gasteiger partial charge in [0.1, 0.15) is 0 Å². The highest BCUT2D eigenvalue weighted by Gasteiger charge is 2.24. The number of likely N-dealkylation sites (tertiary alicyclic amines) is 1. The van der Waals surface area contributed by atoms with E-state index < -0.39 is 5.54 Å². The van der Waals surface area contributed by atoms with Crippen molar-refractivity contribution in [3.05, 3.63) is 63.6 Å². The van der Waals surface area contributed by atoms with Crippen LogP contribution in [0.25, 0.3) is 0 Å². The molecule has 148 valence electrons. The zero-order valence-corrected chi connectivity index (χ0v) is 17.4. The van der Waals surface area contributed by atoms with E-state index in [0.29, 0.717) is 21.3 Å². The van der Waals surface area contributed by atoms with Crippen LogP contribution < -0.4 is 10.6 Å². The van der Waals surface area contributed by atoms with Crippen LogP contribution in [0.3, 0.4) is 0 Å². The van der Waals surface area contributed by atoms with Crippen LogP contribution in [0.5, 0.6) is 0 Å². The molecule has 28 heavy (non-hydrogen) atoms. The van der Waals surface area contributed by atoms with Crippen molar-refractivity contribution in [2.75, 3.05) is 18.4 Å². The van der Waals surface area contributed by atoms with Gasteiger partial charge in [0, 0.05) is 24.3 Å². The lowest BCUT2D eigenvalue weighted by Gasteiger charge is -2.27. The maximum Gasteiger partial charge on any atom is 0.319 e. The molecule has 3 amide bonds. The Kier molecular flexibility index (Phi) is 6.16. The number of urea groups is 1. The first-order chi connectivity index (χ1) is 13.3. The molecular formula is C21H23Cl2N3O2. The summed E-state index contributed by atoms with van der Waals surface area (Å²) in [5.74, 6) is 0.0363. The van der Waals surface area contributed by atoms with E-state index >= 15 is 0 Å². The summed E-state index contributed by atoms with van der Waals surface area (Å²) < 4.78 is 0. The van der Waals surface area contributed by atoms with Gasteiger partial charge < -0.3 is 15.5 Å². The zero-order valence-electron chi connectivity index (χ0n) is 15.9. The lowest BCUT2D eigenvalue weighted by atomic mass is 9.94. The molecule has 1 saturated heterocycles. The fourth-order valence-corrected chi connectivity index (χ4v) is 3.50. The second-order valence-electron chi connectivity index (χ2n) is 7.41. The smallest absolute Gasteiger partial charge is 0.319 e. The lowest BCUT2D eigenvalue weighted by molar-refractivity contribution is 0.0793. The van der Waals surface area contributed by atoms with Crippen molar-refractivity contribution < 1.29 is 9.59 Å². The topological polar surface area (TPSA) is 61.4 Å². The molecule has 7 heteroatoms. The van der Waals surface area contributed by atoms with E-state index in [2.05, 4.69) is 10.6 Å². The Morgan fingerprint density at radius 3 is 2.21 bits per heavy atom. The Morgan fingerprint density at radius 1 is 0.964 bits per heavy atom. The molecule has 5 nitrogen and oxygen atoms in total. The first-order valence-corrected chi connectivity index (χ1v) is 9.96. The van der Waals surface area contributed by atoms with E-state index in [1.54, 1.807) is 36.4 Å². The van der Waals surface area contributed by atoms with Crippen molar-refractivity contribution in [1.82, 2.24) is 10.2 Å². The fourth-order valence-electron chi connectivity index (χ4n) is 3.20. The molecule has 0 aliphatic carbocycles. The Bertz CT molecular complexity index is 876. The molecule has 2 aromatic rings. The van der Waals surface area contributed by atoms with Crippen molar-refractivity contribution in [1.29, 1.82) is 0 Å². The van der Waals surface area contributed by atoms with E-state index in [1.165, 1.54) is 0 Å². The third-order valence-corrected chi connectivity index (χ3v) is 5.59. The summed E-state index contributed by atoms with van der Waals surface area (Å²) in [7, 11) is 0. The average Bonchev–Trinajstić information content (AvgIpc) is 3.18. The number of benzene rings is 2. The van der Waals surface area contributed by atoms with E-state index in [4.69, 9.17) is 23.2 Å². The Balaban J connectivity index is 1.62. The number of carbonyl (C=O) groups excluding carboxylic acids is 2. The van der Waals surface area contributed by atoms with Crippen LogP contribution in [0.1, 0.15) is 42.6 Å². The standard InChI is InChI=1S/C21H23Cl2N3O2/c1-21(2,15-7-10-17(22)18(23)13-15)25-20(28)24-16-8-5-14(6-9-16)19(27)26-11-3-4-12-26/h5-10,13H,3-4,11-12H2,1-2H3,(H2,24,25,28). The maximum absolute atomic E-state index is 12.4. The molecule has 0 atom stereocenters. The van der Waals surface area contributed by atoms with Gasteiger partial charge in [0.2, 0.25) is 0 Å². The number of halogens is 2. The summed E-state index contributed by atoms with van der Waals surface area (Å²) in [5, 5.41) is 6.62. The molecule has 0 unspecified atom stereocenters. The van der Waals surface area contributed by atoms with Crippen LogP contribution in [-0.4, -0.2) is 29.9 Å². The third-order valence-electron chi connectivity index (χ3n) is 4.85. The number of rotatable bonds is 4. The Hall–Kier alpha value is -2.24. The van der Waals surface area contributed by atoms with E-state index in [0.717, 1.165) is 31.5 Å². The number of carbonyl (C=O) groups is 2. The average molecular weight is 420 g/mol. The molecule has 0 radical (unpaired) electrons. The van der Waals surface area contributed by atoms with Crippen LogP contribution in [0.4, 0.5) is 10.5 Å². The molecular weight excluding hydrogens is 397 g/mol. The van der Waals surface area contributed by atoms with Crippen molar-refractivity contribution in [3.63, 3.8) is 0 Å². The van der Waals surface area contributed by atoms with Crippen LogP contribution >= 0.6 is 23.2 Å². The van der Waals surface area contributed by atoms with Crippen molar-refractivity contribution in [2.24, 2.45) is 0 Å². The van der Waals surface area contributed by atoms with Gasteiger partial charge in [-0.1, -0.05) is 29.3 Å². The number of anilines is 1. The Morgan fingerprint density at radius 2 is 1.61 bits per heavy atom. The molecule has 0 spiro atoms. The molecule has 1 aliphatic rings. The zero-order chi connectivity index (χ0) is 20.3. The normalized spacial score (nSPS) is 14.1. The van der Waals surface area contributed by atoms with Gasteiger partial charge in [0.05, 0.1) is 15.6 Å². The molecule has 2 aromatic carbocycles. The van der Waals surface area contributed by atoms with Gasteiger partial charge >= 0.3 is 6.03 Å². The summed E-state index contributed by atoms with van der Waals surface area (Å²) in [5.41, 5.74) is 1.43. The highest BCUT2D eigenvalue weighted by atomic mass is 35.5. The molecule has 3 rings (SSSR count). The first-order valence-electron chi connectivity index (χ1n) is 9.20. The molecule has 0 aromatic heterocycles. The molecule has 0 bridgehead atoms. The highest BCUT2D eigenvalue weighted by Crippen LogP contribution is 2.28. The monoisotopic (exact) mass is 419 g/mol. The first kappa shape index (κ1) is 20.5. The van der Waals surface area contributed by atoms with Gasteiger partial charge in [-0.15, -0.1) is 0 Å². The minimum Gasteiger partial charge on any atom is -0.339 e. The number of hydrogen-bond donors (Lipinski definition) is 2. The molecule has 0 saturated carbocycles. The van der Waals surface area contributed by atoms with Crippen molar-refractivity contribution >= 4 is 40.8 Å². The predicted octanol–water partition coefficient (Wildman–Crippen LogP) is 5.29. The van der Waals surface area contributed by atoms with Crippen LogP contribution in [-0.2, 0) is 5.54 Å². The van der Waals surface area contributed by atoms with Gasteiger partial charge in [-0.05, 0) is 68.7 Å². The summed E-state index contributed by atoms with van der Waals surface area (Å²) in [6, 6.07) is 11.9. The maximum atomic E-state index is 12.4. The van der Waals surface area contributed by atoms with Gasteiger partial charge in [-0.2, -0.15) is 0 Å². The predicted molar refractivity (Wildman–Crippen MR) is 113 cm³/mol. The minimum absolute atomic E-state index is 0.0363. The molecule has 1 heterocycles. The van der Waals surface area contributed by atoms with E-state index in [1.807, 2.05) is 24.8 Å². The highest BCUT2D eigenvalue weighted by molar-refractivity contribution is 6.42. The molecule has 1 fully saturated rings. The van der Waals surface area contributed by atoms with E-state index in [9.17, 15) is 9.59 Å². The third kappa shape index (κ3) is 4.78. The second kappa shape index (κ2) is 8.41. The Labute approximate surface area is 175 Å². The summed E-state index contributed by atoms with van der Waals surface area (Å²) in [6.07, 6.45) is 2.11. The SMILES string of the molecule is CC(C)(NC(=O)Nc1ccc(C(=O)N2CCCC2)cc1)c1ccc(Cl)c(Cl)c1.